The molecule has 1 N–H and O–H groups in total. The molecule has 108 valence electrons. The summed E-state index contributed by atoms with van der Waals surface area (Å²) in [6.07, 6.45) is 1.14. The summed E-state index contributed by atoms with van der Waals surface area (Å²) in [7, 11) is 1.64. The van der Waals surface area contributed by atoms with Gasteiger partial charge < -0.3 is 19.3 Å². The van der Waals surface area contributed by atoms with Gasteiger partial charge in [0.05, 0.1) is 18.9 Å². The minimum Gasteiger partial charge on any atom is -0.379 e. The molecule has 2 heterocycles. The Morgan fingerprint density at radius 2 is 2.26 bits per heavy atom. The van der Waals surface area contributed by atoms with Crippen molar-refractivity contribution in [3.8, 4) is 0 Å². The van der Waals surface area contributed by atoms with Crippen LogP contribution in [0.25, 0.3) is 0 Å². The molecule has 0 unspecified atom stereocenters. The van der Waals surface area contributed by atoms with Crippen molar-refractivity contribution in [2.45, 2.75) is 19.6 Å². The van der Waals surface area contributed by atoms with Gasteiger partial charge in [0.2, 0.25) is 0 Å². The second-order valence-electron chi connectivity index (χ2n) is 4.70. The van der Waals surface area contributed by atoms with Crippen LogP contribution in [0.3, 0.4) is 0 Å². The molecule has 1 aliphatic heterocycles. The largest absolute Gasteiger partial charge is 0.379 e. The third kappa shape index (κ3) is 5.28. The van der Waals surface area contributed by atoms with E-state index in [1.54, 1.807) is 7.11 Å². The third-order valence-electron chi connectivity index (χ3n) is 3.13. The first-order valence-corrected chi connectivity index (χ1v) is 6.82. The highest BCUT2D eigenvalue weighted by atomic mass is 16.5. The Hall–Kier alpha value is -0.950. The summed E-state index contributed by atoms with van der Waals surface area (Å²) in [6, 6.07) is 1.93. The minimum absolute atomic E-state index is 0.476. The van der Waals surface area contributed by atoms with Gasteiger partial charge in [-0.25, -0.2) is 0 Å². The van der Waals surface area contributed by atoms with Gasteiger partial charge in [-0.3, -0.25) is 4.90 Å². The maximum absolute atomic E-state index is 5.32. The lowest BCUT2D eigenvalue weighted by atomic mass is 10.3. The Balaban J connectivity index is 1.53. The Labute approximate surface area is 114 Å². The molecule has 0 aliphatic carbocycles. The van der Waals surface area contributed by atoms with Crippen molar-refractivity contribution in [3.63, 3.8) is 0 Å². The van der Waals surface area contributed by atoms with E-state index >= 15 is 0 Å². The van der Waals surface area contributed by atoms with Crippen LogP contribution in [0.4, 0.5) is 0 Å². The van der Waals surface area contributed by atoms with Gasteiger partial charge in [-0.1, -0.05) is 5.16 Å². The van der Waals surface area contributed by atoms with Crippen molar-refractivity contribution in [2.75, 3.05) is 46.5 Å². The summed E-state index contributed by atoms with van der Waals surface area (Å²) in [5.74, 6) is 0.771. The van der Waals surface area contributed by atoms with Crippen molar-refractivity contribution >= 4 is 0 Å². The van der Waals surface area contributed by atoms with Gasteiger partial charge in [-0.2, -0.15) is 0 Å². The molecule has 19 heavy (non-hydrogen) atoms. The summed E-state index contributed by atoms with van der Waals surface area (Å²) >= 11 is 0. The van der Waals surface area contributed by atoms with E-state index < -0.39 is 0 Å². The first kappa shape index (κ1) is 14.5. The smallest absolute Gasteiger partial charge is 0.162 e. The Morgan fingerprint density at radius 3 is 3.05 bits per heavy atom. The van der Waals surface area contributed by atoms with E-state index in [0.717, 1.165) is 63.8 Å². The summed E-state index contributed by atoms with van der Waals surface area (Å²) < 4.78 is 15.4. The number of nitrogens with one attached hydrogen (secondary N) is 1. The molecule has 1 aliphatic rings. The van der Waals surface area contributed by atoms with E-state index in [9.17, 15) is 0 Å². The molecular formula is C13H23N3O3. The topological polar surface area (TPSA) is 59.8 Å². The normalized spacial score (nSPS) is 16.9. The van der Waals surface area contributed by atoms with Gasteiger partial charge in [0.15, 0.2) is 5.76 Å². The van der Waals surface area contributed by atoms with Gasteiger partial charge in [-0.15, -0.1) is 0 Å². The average Bonchev–Trinajstić information content (AvgIpc) is 2.88. The first-order chi connectivity index (χ1) is 9.38. The number of rotatable bonds is 8. The van der Waals surface area contributed by atoms with E-state index in [4.69, 9.17) is 14.0 Å². The maximum atomic E-state index is 5.32. The number of hydrogen-bond donors (Lipinski definition) is 1. The Morgan fingerprint density at radius 1 is 1.42 bits per heavy atom. The number of nitrogens with zero attached hydrogens (tertiary/aromatic N) is 2. The highest BCUT2D eigenvalue weighted by molar-refractivity contribution is 5.04. The predicted molar refractivity (Wildman–Crippen MR) is 70.8 cm³/mol. The Kier molecular flexibility index (Phi) is 6.29. The monoisotopic (exact) mass is 269 g/mol. The number of methoxy groups -OCH3 is 1. The molecule has 1 aromatic rings. The van der Waals surface area contributed by atoms with Crippen LogP contribution >= 0.6 is 0 Å². The van der Waals surface area contributed by atoms with E-state index in [2.05, 4.69) is 15.4 Å². The lowest BCUT2D eigenvalue weighted by Crippen LogP contribution is -2.37. The highest BCUT2D eigenvalue weighted by Gasteiger charge is 2.09. The van der Waals surface area contributed by atoms with Crippen molar-refractivity contribution in [3.05, 3.63) is 17.5 Å². The lowest BCUT2D eigenvalue weighted by Gasteiger charge is -2.26. The van der Waals surface area contributed by atoms with Crippen LogP contribution in [-0.2, 0) is 22.6 Å². The molecule has 0 amide bonds. The molecular weight excluding hydrogens is 246 g/mol. The fourth-order valence-corrected chi connectivity index (χ4v) is 2.12. The first-order valence-electron chi connectivity index (χ1n) is 6.82. The predicted octanol–water partition coefficient (Wildman–Crippen LogP) is 0.633. The molecule has 1 saturated heterocycles. The summed E-state index contributed by atoms with van der Waals surface area (Å²) in [5.41, 5.74) is 0.929. The zero-order chi connectivity index (χ0) is 13.3. The molecule has 2 rings (SSSR count). The molecule has 6 nitrogen and oxygen atoms in total. The van der Waals surface area contributed by atoms with Gasteiger partial charge in [0.25, 0.3) is 0 Å². The summed E-state index contributed by atoms with van der Waals surface area (Å²) in [4.78, 5) is 2.44. The van der Waals surface area contributed by atoms with Crippen LogP contribution in [0, 0.1) is 0 Å². The molecule has 1 aromatic heterocycles. The van der Waals surface area contributed by atoms with E-state index in [1.807, 2.05) is 6.07 Å². The minimum atomic E-state index is 0.476. The van der Waals surface area contributed by atoms with Crippen molar-refractivity contribution in [1.29, 1.82) is 0 Å². The number of morpholine rings is 1. The van der Waals surface area contributed by atoms with Crippen molar-refractivity contribution in [2.24, 2.45) is 0 Å². The molecule has 0 atom stereocenters. The Bertz CT molecular complexity index is 351. The second-order valence-corrected chi connectivity index (χ2v) is 4.70. The molecule has 0 spiro atoms. The molecule has 0 aromatic carbocycles. The molecule has 6 heteroatoms. The SMILES string of the molecule is COCc1cc(CNCCCN2CCOCC2)no1. The van der Waals surface area contributed by atoms with Crippen LogP contribution in [0.5, 0.6) is 0 Å². The van der Waals surface area contributed by atoms with Gasteiger partial charge >= 0.3 is 0 Å². The van der Waals surface area contributed by atoms with Gasteiger partial charge in [0, 0.05) is 32.8 Å². The summed E-state index contributed by atoms with van der Waals surface area (Å²) in [5, 5.41) is 7.35. The standard InChI is InChI=1S/C13H23N3O3/c1-17-11-13-9-12(15-19-13)10-14-3-2-4-16-5-7-18-8-6-16/h9,14H,2-8,10-11H2,1H3. The number of ether oxygens (including phenoxy) is 2. The fraction of sp³-hybridized carbons (Fsp3) is 0.769. The van der Waals surface area contributed by atoms with Crippen LogP contribution in [0.2, 0.25) is 0 Å². The van der Waals surface area contributed by atoms with Crippen LogP contribution in [0.15, 0.2) is 10.6 Å². The van der Waals surface area contributed by atoms with Gasteiger partial charge in [0.1, 0.15) is 6.61 Å². The third-order valence-corrected chi connectivity index (χ3v) is 3.13. The highest BCUT2D eigenvalue weighted by Crippen LogP contribution is 2.04. The number of aromatic nitrogens is 1. The quantitative estimate of drug-likeness (QED) is 0.699. The van der Waals surface area contributed by atoms with E-state index in [-0.39, 0.29) is 0 Å². The van der Waals surface area contributed by atoms with Crippen molar-refractivity contribution in [1.82, 2.24) is 15.4 Å². The van der Waals surface area contributed by atoms with Crippen LogP contribution < -0.4 is 5.32 Å². The average molecular weight is 269 g/mol. The zero-order valence-electron chi connectivity index (χ0n) is 11.6. The molecule has 0 radical (unpaired) electrons. The van der Waals surface area contributed by atoms with Crippen molar-refractivity contribution < 1.29 is 14.0 Å². The van der Waals surface area contributed by atoms with E-state index in [0.29, 0.717) is 6.61 Å². The van der Waals surface area contributed by atoms with Crippen LogP contribution in [0.1, 0.15) is 17.9 Å². The summed E-state index contributed by atoms with van der Waals surface area (Å²) in [6.45, 7) is 7.20. The molecule has 0 saturated carbocycles. The van der Waals surface area contributed by atoms with Gasteiger partial charge in [-0.05, 0) is 19.5 Å². The molecule has 0 bridgehead atoms. The van der Waals surface area contributed by atoms with Crippen LogP contribution in [-0.4, -0.2) is 56.6 Å². The zero-order valence-corrected chi connectivity index (χ0v) is 11.6. The second kappa shape index (κ2) is 8.27. The van der Waals surface area contributed by atoms with E-state index in [1.165, 1.54) is 0 Å². The molecule has 1 fully saturated rings. The maximum Gasteiger partial charge on any atom is 0.162 e. The fourth-order valence-electron chi connectivity index (χ4n) is 2.12. The number of hydrogen-bond acceptors (Lipinski definition) is 6. The lowest BCUT2D eigenvalue weighted by molar-refractivity contribution is 0.0374.